The topological polar surface area (TPSA) is 83.4 Å². The summed E-state index contributed by atoms with van der Waals surface area (Å²) in [6.45, 7) is 4.04. The molecule has 1 aromatic heterocycles. The molecule has 1 atom stereocenters. The van der Waals surface area contributed by atoms with Gasteiger partial charge in [-0.05, 0) is 30.2 Å². The van der Waals surface area contributed by atoms with Crippen LogP contribution in [0.4, 0.5) is 10.5 Å². The number of carbonyl (C=O) groups is 2. The molecule has 0 aliphatic carbocycles. The van der Waals surface area contributed by atoms with E-state index in [2.05, 4.69) is 16.0 Å². The molecule has 122 valence electrons. The summed E-state index contributed by atoms with van der Waals surface area (Å²) in [7, 11) is 0. The van der Waals surface area contributed by atoms with Gasteiger partial charge in [0.25, 0.3) is 0 Å². The molecule has 1 heterocycles. The lowest BCUT2D eigenvalue weighted by Crippen LogP contribution is -2.50. The van der Waals surface area contributed by atoms with Gasteiger partial charge in [0.15, 0.2) is 0 Å². The van der Waals surface area contributed by atoms with Gasteiger partial charge in [-0.15, -0.1) is 0 Å². The average molecular weight is 315 g/mol. The molecule has 0 fully saturated rings. The predicted molar refractivity (Wildman–Crippen MR) is 87.8 cm³/mol. The van der Waals surface area contributed by atoms with E-state index in [1.807, 2.05) is 32.0 Å². The van der Waals surface area contributed by atoms with Gasteiger partial charge in [-0.25, -0.2) is 4.79 Å². The van der Waals surface area contributed by atoms with Crippen LogP contribution in [0.15, 0.2) is 53.1 Å². The summed E-state index contributed by atoms with van der Waals surface area (Å²) in [5.41, 5.74) is 0.670. The molecule has 0 saturated heterocycles. The molecule has 1 aromatic carbocycles. The van der Waals surface area contributed by atoms with Gasteiger partial charge in [-0.3, -0.25) is 4.79 Å². The molecule has 0 unspecified atom stereocenters. The second-order valence-electron chi connectivity index (χ2n) is 5.48. The standard InChI is InChI=1S/C17H21N3O3/c1-12(2)15(16(21)18-11-14-9-6-10-23-14)20-17(22)19-13-7-4-3-5-8-13/h3-10,12,15H,11H2,1-2H3,(H,18,21)(H2,19,20,22)/t15-/m1/s1. The molecule has 0 radical (unpaired) electrons. The van der Waals surface area contributed by atoms with Crippen molar-refractivity contribution in [3.8, 4) is 0 Å². The largest absolute Gasteiger partial charge is 0.467 e. The van der Waals surface area contributed by atoms with Crippen molar-refractivity contribution in [1.29, 1.82) is 0 Å². The quantitative estimate of drug-likeness (QED) is 0.766. The van der Waals surface area contributed by atoms with E-state index in [1.54, 1.807) is 30.5 Å². The summed E-state index contributed by atoms with van der Waals surface area (Å²) in [4.78, 5) is 24.3. The average Bonchev–Trinajstić information content (AvgIpc) is 3.04. The molecular formula is C17H21N3O3. The van der Waals surface area contributed by atoms with E-state index in [0.29, 0.717) is 11.4 Å². The van der Waals surface area contributed by atoms with Crippen LogP contribution < -0.4 is 16.0 Å². The van der Waals surface area contributed by atoms with Crippen LogP contribution in [0.5, 0.6) is 0 Å². The number of hydrogen-bond acceptors (Lipinski definition) is 3. The Morgan fingerprint density at radius 3 is 2.43 bits per heavy atom. The van der Waals surface area contributed by atoms with Crippen molar-refractivity contribution in [3.05, 3.63) is 54.5 Å². The zero-order valence-electron chi connectivity index (χ0n) is 13.2. The minimum Gasteiger partial charge on any atom is -0.467 e. The Morgan fingerprint density at radius 2 is 1.83 bits per heavy atom. The van der Waals surface area contributed by atoms with E-state index >= 15 is 0 Å². The molecule has 0 aliphatic heterocycles. The van der Waals surface area contributed by atoms with Crippen LogP contribution in [0.2, 0.25) is 0 Å². The van der Waals surface area contributed by atoms with E-state index in [1.165, 1.54) is 0 Å². The van der Waals surface area contributed by atoms with Crippen molar-refractivity contribution in [2.75, 3.05) is 5.32 Å². The Kier molecular flexibility index (Phi) is 5.80. The van der Waals surface area contributed by atoms with Gasteiger partial charge < -0.3 is 20.4 Å². The maximum absolute atomic E-state index is 12.3. The van der Waals surface area contributed by atoms with Gasteiger partial charge in [0.05, 0.1) is 12.8 Å². The zero-order valence-corrected chi connectivity index (χ0v) is 13.2. The van der Waals surface area contributed by atoms with E-state index in [0.717, 1.165) is 0 Å². The maximum Gasteiger partial charge on any atom is 0.319 e. The Hall–Kier alpha value is -2.76. The van der Waals surface area contributed by atoms with Crippen molar-refractivity contribution >= 4 is 17.6 Å². The number of amides is 3. The number of anilines is 1. The number of urea groups is 1. The van der Waals surface area contributed by atoms with Crippen LogP contribution in [0.1, 0.15) is 19.6 Å². The number of benzene rings is 1. The lowest BCUT2D eigenvalue weighted by atomic mass is 10.0. The Labute approximate surface area is 135 Å². The van der Waals surface area contributed by atoms with E-state index in [9.17, 15) is 9.59 Å². The monoisotopic (exact) mass is 315 g/mol. The van der Waals surface area contributed by atoms with Gasteiger partial charge in [0, 0.05) is 5.69 Å². The fourth-order valence-corrected chi connectivity index (χ4v) is 2.06. The van der Waals surface area contributed by atoms with Crippen molar-refractivity contribution in [2.24, 2.45) is 5.92 Å². The van der Waals surface area contributed by atoms with Crippen LogP contribution in [-0.4, -0.2) is 18.0 Å². The SMILES string of the molecule is CC(C)[C@@H](NC(=O)Nc1ccccc1)C(=O)NCc1ccco1. The van der Waals surface area contributed by atoms with Crippen LogP contribution in [0.25, 0.3) is 0 Å². The smallest absolute Gasteiger partial charge is 0.319 e. The third-order valence-corrected chi connectivity index (χ3v) is 3.28. The van der Waals surface area contributed by atoms with Crippen LogP contribution in [0.3, 0.4) is 0 Å². The molecule has 2 aromatic rings. The summed E-state index contributed by atoms with van der Waals surface area (Å²) in [6.07, 6.45) is 1.55. The summed E-state index contributed by atoms with van der Waals surface area (Å²) in [6, 6.07) is 11.6. The van der Waals surface area contributed by atoms with Gasteiger partial charge in [0.2, 0.25) is 5.91 Å². The van der Waals surface area contributed by atoms with Crippen LogP contribution in [0, 0.1) is 5.92 Å². The lowest BCUT2D eigenvalue weighted by molar-refractivity contribution is -0.124. The fourth-order valence-electron chi connectivity index (χ4n) is 2.06. The maximum atomic E-state index is 12.3. The molecule has 3 amide bonds. The second-order valence-corrected chi connectivity index (χ2v) is 5.48. The van der Waals surface area contributed by atoms with Crippen molar-refractivity contribution < 1.29 is 14.0 Å². The summed E-state index contributed by atoms with van der Waals surface area (Å²) in [5, 5.41) is 8.17. The van der Waals surface area contributed by atoms with Gasteiger partial charge in [-0.1, -0.05) is 32.0 Å². The Morgan fingerprint density at radius 1 is 1.09 bits per heavy atom. The first kappa shape index (κ1) is 16.6. The highest BCUT2D eigenvalue weighted by molar-refractivity contribution is 5.93. The molecule has 2 rings (SSSR count). The van der Waals surface area contributed by atoms with Gasteiger partial charge >= 0.3 is 6.03 Å². The molecule has 0 saturated carbocycles. The molecule has 6 nitrogen and oxygen atoms in total. The first-order valence-corrected chi connectivity index (χ1v) is 7.49. The highest BCUT2D eigenvalue weighted by Crippen LogP contribution is 2.07. The molecular weight excluding hydrogens is 294 g/mol. The number of hydrogen-bond donors (Lipinski definition) is 3. The minimum absolute atomic E-state index is 0.0480. The first-order chi connectivity index (χ1) is 11.1. The minimum atomic E-state index is -0.631. The van der Waals surface area contributed by atoms with E-state index in [4.69, 9.17) is 4.42 Å². The van der Waals surface area contributed by atoms with Gasteiger partial charge in [-0.2, -0.15) is 0 Å². The Balaban J connectivity index is 1.89. The number of carbonyl (C=O) groups excluding carboxylic acids is 2. The molecule has 0 aliphatic rings. The fraction of sp³-hybridized carbons (Fsp3) is 0.294. The molecule has 3 N–H and O–H groups in total. The highest BCUT2D eigenvalue weighted by Gasteiger charge is 2.24. The lowest BCUT2D eigenvalue weighted by Gasteiger charge is -2.21. The van der Waals surface area contributed by atoms with Gasteiger partial charge in [0.1, 0.15) is 11.8 Å². The number of para-hydroxylation sites is 1. The molecule has 0 bridgehead atoms. The third-order valence-electron chi connectivity index (χ3n) is 3.28. The van der Waals surface area contributed by atoms with Crippen LogP contribution in [-0.2, 0) is 11.3 Å². The summed E-state index contributed by atoms with van der Waals surface area (Å²) < 4.78 is 5.17. The van der Waals surface area contributed by atoms with Crippen molar-refractivity contribution in [2.45, 2.75) is 26.4 Å². The van der Waals surface area contributed by atoms with Crippen molar-refractivity contribution in [3.63, 3.8) is 0 Å². The van der Waals surface area contributed by atoms with E-state index < -0.39 is 12.1 Å². The molecule has 6 heteroatoms. The van der Waals surface area contributed by atoms with Crippen LogP contribution >= 0.6 is 0 Å². The summed E-state index contributed by atoms with van der Waals surface area (Å²) in [5.74, 6) is 0.363. The Bertz CT molecular complexity index is 624. The summed E-state index contributed by atoms with van der Waals surface area (Å²) >= 11 is 0. The number of nitrogens with one attached hydrogen (secondary N) is 3. The zero-order chi connectivity index (χ0) is 16.7. The van der Waals surface area contributed by atoms with E-state index in [-0.39, 0.29) is 18.4 Å². The second kappa shape index (κ2) is 8.03. The number of rotatable bonds is 6. The normalized spacial score (nSPS) is 11.8. The van der Waals surface area contributed by atoms with Crippen molar-refractivity contribution in [1.82, 2.24) is 10.6 Å². The highest BCUT2D eigenvalue weighted by atomic mass is 16.3. The molecule has 23 heavy (non-hydrogen) atoms. The third kappa shape index (κ3) is 5.18. The molecule has 0 spiro atoms. The predicted octanol–water partition coefficient (Wildman–Crippen LogP) is 2.74. The number of furan rings is 1. The first-order valence-electron chi connectivity index (χ1n) is 7.49.